The van der Waals surface area contributed by atoms with Crippen molar-refractivity contribution in [1.29, 1.82) is 0 Å². The van der Waals surface area contributed by atoms with Crippen LogP contribution in [0, 0.1) is 0 Å². The van der Waals surface area contributed by atoms with E-state index in [-0.39, 0.29) is 5.57 Å². The zero-order valence-electron chi connectivity index (χ0n) is 10.1. The molecule has 0 aliphatic carbocycles. The lowest BCUT2D eigenvalue weighted by Crippen LogP contribution is -1.96. The van der Waals surface area contributed by atoms with Gasteiger partial charge in [-0.25, -0.2) is 4.79 Å². The van der Waals surface area contributed by atoms with E-state index in [0.717, 1.165) is 12.1 Å². The van der Waals surface area contributed by atoms with E-state index >= 15 is 0 Å². The van der Waals surface area contributed by atoms with E-state index in [1.165, 1.54) is 0 Å². The predicted octanol–water partition coefficient (Wildman–Crippen LogP) is 2.70. The number of benzene rings is 1. The molecule has 0 saturated carbocycles. The fraction of sp³-hybridized carbons (Fsp3) is 0.214. The van der Waals surface area contributed by atoms with Gasteiger partial charge in [0.05, 0.1) is 0 Å². The van der Waals surface area contributed by atoms with Crippen LogP contribution >= 0.6 is 0 Å². The van der Waals surface area contributed by atoms with Crippen molar-refractivity contribution in [2.24, 2.45) is 5.73 Å². The summed E-state index contributed by atoms with van der Waals surface area (Å²) < 4.78 is 0. The van der Waals surface area contributed by atoms with Crippen molar-refractivity contribution < 1.29 is 9.90 Å². The number of carboxylic acid groups (broad SMARTS) is 1. The quantitative estimate of drug-likeness (QED) is 0.786. The van der Waals surface area contributed by atoms with Crippen LogP contribution in [0.5, 0.6) is 0 Å². The van der Waals surface area contributed by atoms with Crippen LogP contribution in [0.15, 0.2) is 48.6 Å². The van der Waals surface area contributed by atoms with Crippen molar-refractivity contribution in [2.45, 2.75) is 13.3 Å². The minimum atomic E-state index is -0.942. The summed E-state index contributed by atoms with van der Waals surface area (Å²) in [5.41, 5.74) is 6.11. The number of carboxylic acids is 1. The Morgan fingerprint density at radius 3 is 2.41 bits per heavy atom. The molecule has 0 amide bonds. The van der Waals surface area contributed by atoms with Crippen molar-refractivity contribution in [3.63, 3.8) is 0 Å². The van der Waals surface area contributed by atoms with Gasteiger partial charge in [0.15, 0.2) is 0 Å². The van der Waals surface area contributed by atoms with E-state index in [4.69, 9.17) is 10.8 Å². The molecule has 0 aliphatic rings. The molecule has 0 radical (unpaired) electrons. The molecule has 0 aliphatic heterocycles. The molecule has 0 fully saturated rings. The Morgan fingerprint density at radius 1 is 1.41 bits per heavy atom. The number of carbonyl (C=O) groups is 1. The molecule has 0 spiro atoms. The molecule has 1 rings (SSSR count). The molecule has 92 valence electrons. The first kappa shape index (κ1) is 15.1. The first-order valence-corrected chi connectivity index (χ1v) is 5.44. The molecule has 0 bridgehead atoms. The molecule has 3 nitrogen and oxygen atoms in total. The Balaban J connectivity index is 0.000000770. The third-order valence-electron chi connectivity index (χ3n) is 1.78. The van der Waals surface area contributed by atoms with Gasteiger partial charge in [-0.05, 0) is 18.5 Å². The maximum Gasteiger partial charge on any atom is 0.331 e. The van der Waals surface area contributed by atoms with Gasteiger partial charge in [-0.2, -0.15) is 0 Å². The normalized spacial score (nSPS) is 9.53. The predicted molar refractivity (Wildman–Crippen MR) is 71.6 cm³/mol. The number of hydrogen-bond donors (Lipinski definition) is 2. The van der Waals surface area contributed by atoms with Crippen molar-refractivity contribution >= 4 is 12.0 Å². The first-order chi connectivity index (χ1) is 8.11. The number of allylic oxidation sites excluding steroid dienone is 1. The van der Waals surface area contributed by atoms with Gasteiger partial charge in [-0.1, -0.05) is 56.0 Å². The molecule has 0 atom stereocenters. The van der Waals surface area contributed by atoms with Gasteiger partial charge in [0.25, 0.3) is 0 Å². The lowest BCUT2D eigenvalue weighted by atomic mass is 10.1. The van der Waals surface area contributed by atoms with E-state index in [2.05, 4.69) is 6.58 Å². The van der Waals surface area contributed by atoms with Crippen LogP contribution in [0.25, 0.3) is 6.08 Å². The summed E-state index contributed by atoms with van der Waals surface area (Å²) >= 11 is 0. The molecular weight excluding hydrogens is 214 g/mol. The molecule has 0 saturated heterocycles. The van der Waals surface area contributed by atoms with Gasteiger partial charge in [-0.3, -0.25) is 0 Å². The first-order valence-electron chi connectivity index (χ1n) is 5.44. The molecule has 3 heteroatoms. The summed E-state index contributed by atoms with van der Waals surface area (Å²) in [7, 11) is 0. The Hall–Kier alpha value is -1.87. The summed E-state index contributed by atoms with van der Waals surface area (Å²) in [6.07, 6.45) is 4.06. The highest BCUT2D eigenvalue weighted by atomic mass is 16.4. The number of nitrogens with two attached hydrogens (primary N) is 1. The molecule has 1 aromatic rings. The monoisotopic (exact) mass is 233 g/mol. The van der Waals surface area contributed by atoms with E-state index in [1.807, 2.05) is 43.3 Å². The lowest BCUT2D eigenvalue weighted by Gasteiger charge is -1.93. The molecule has 0 aromatic heterocycles. The van der Waals surface area contributed by atoms with Gasteiger partial charge in [0.2, 0.25) is 0 Å². The Morgan fingerprint density at radius 2 is 1.94 bits per heavy atom. The summed E-state index contributed by atoms with van der Waals surface area (Å²) in [5.74, 6) is -0.942. The van der Waals surface area contributed by atoms with Crippen molar-refractivity contribution in [3.8, 4) is 0 Å². The summed E-state index contributed by atoms with van der Waals surface area (Å²) in [5, 5.41) is 8.55. The molecule has 17 heavy (non-hydrogen) atoms. The highest BCUT2D eigenvalue weighted by molar-refractivity contribution is 5.86. The zero-order valence-corrected chi connectivity index (χ0v) is 10.1. The van der Waals surface area contributed by atoms with E-state index in [1.54, 1.807) is 6.08 Å². The second kappa shape index (κ2) is 9.36. The molecule has 0 heterocycles. The molecule has 0 unspecified atom stereocenters. The van der Waals surface area contributed by atoms with Crippen LogP contribution in [0.2, 0.25) is 0 Å². The minimum Gasteiger partial charge on any atom is -0.478 e. The SMILES string of the molecule is C=C(CC=Cc1ccccc1)C(=O)O.CCN. The van der Waals surface area contributed by atoms with Gasteiger partial charge >= 0.3 is 5.97 Å². The van der Waals surface area contributed by atoms with Crippen LogP contribution in [-0.4, -0.2) is 17.6 Å². The van der Waals surface area contributed by atoms with Crippen molar-refractivity contribution in [3.05, 3.63) is 54.1 Å². The topological polar surface area (TPSA) is 63.3 Å². The van der Waals surface area contributed by atoms with Crippen LogP contribution < -0.4 is 5.73 Å². The van der Waals surface area contributed by atoms with Crippen molar-refractivity contribution in [1.82, 2.24) is 0 Å². The summed E-state index contributed by atoms with van der Waals surface area (Å²) in [6, 6.07) is 9.73. The Bertz CT molecular complexity index is 369. The van der Waals surface area contributed by atoms with Crippen LogP contribution in [0.3, 0.4) is 0 Å². The zero-order chi connectivity index (χ0) is 13.1. The van der Waals surface area contributed by atoms with Gasteiger partial charge in [-0.15, -0.1) is 0 Å². The average Bonchev–Trinajstić information content (AvgIpc) is 2.31. The second-order valence-corrected chi connectivity index (χ2v) is 3.33. The highest BCUT2D eigenvalue weighted by Crippen LogP contribution is 2.05. The second-order valence-electron chi connectivity index (χ2n) is 3.33. The van der Waals surface area contributed by atoms with Crippen LogP contribution in [0.4, 0.5) is 0 Å². The Labute approximate surface area is 102 Å². The van der Waals surface area contributed by atoms with E-state index in [9.17, 15) is 4.79 Å². The maximum absolute atomic E-state index is 10.4. The number of rotatable bonds is 4. The van der Waals surface area contributed by atoms with Crippen molar-refractivity contribution in [2.75, 3.05) is 6.54 Å². The van der Waals surface area contributed by atoms with Crippen LogP contribution in [-0.2, 0) is 4.79 Å². The third-order valence-corrected chi connectivity index (χ3v) is 1.78. The molecular formula is C14H19NO2. The number of aliphatic carboxylic acids is 1. The smallest absolute Gasteiger partial charge is 0.331 e. The van der Waals surface area contributed by atoms with Crippen LogP contribution in [0.1, 0.15) is 18.9 Å². The van der Waals surface area contributed by atoms with E-state index < -0.39 is 5.97 Å². The van der Waals surface area contributed by atoms with E-state index in [0.29, 0.717) is 6.42 Å². The molecule has 1 aromatic carbocycles. The highest BCUT2D eigenvalue weighted by Gasteiger charge is 1.99. The fourth-order valence-electron chi connectivity index (χ4n) is 0.989. The van der Waals surface area contributed by atoms with Gasteiger partial charge in [0, 0.05) is 5.57 Å². The Kier molecular flexibility index (Phi) is 8.33. The standard InChI is InChI=1S/C12H12O2.C2H7N/c1-10(12(13)14)6-5-9-11-7-3-2-4-8-11;1-2-3/h2-5,7-9H,1,6H2,(H,13,14);2-3H2,1H3. The minimum absolute atomic E-state index is 0.206. The summed E-state index contributed by atoms with van der Waals surface area (Å²) in [4.78, 5) is 10.4. The third kappa shape index (κ3) is 7.99. The lowest BCUT2D eigenvalue weighted by molar-refractivity contribution is -0.132. The largest absolute Gasteiger partial charge is 0.478 e. The fourth-order valence-corrected chi connectivity index (χ4v) is 0.989. The maximum atomic E-state index is 10.4. The summed E-state index contributed by atoms with van der Waals surface area (Å²) in [6.45, 7) is 6.09. The number of hydrogen-bond acceptors (Lipinski definition) is 2. The van der Waals surface area contributed by atoms with Gasteiger partial charge < -0.3 is 10.8 Å². The average molecular weight is 233 g/mol. The van der Waals surface area contributed by atoms with Gasteiger partial charge in [0.1, 0.15) is 0 Å². The molecule has 3 N–H and O–H groups in total.